The van der Waals surface area contributed by atoms with E-state index in [-0.39, 0.29) is 5.75 Å². The summed E-state index contributed by atoms with van der Waals surface area (Å²) < 4.78 is 1.94. The topological polar surface area (TPSA) is 80.9 Å². The first-order chi connectivity index (χ1) is 10.1. The van der Waals surface area contributed by atoms with Crippen LogP contribution in [-0.4, -0.2) is 36.3 Å². The number of aromatic nitrogens is 4. The van der Waals surface area contributed by atoms with Crippen molar-refractivity contribution in [1.29, 1.82) is 0 Å². The second-order valence-electron chi connectivity index (χ2n) is 4.35. The van der Waals surface area contributed by atoms with Gasteiger partial charge in [-0.15, -0.1) is 11.3 Å². The van der Waals surface area contributed by atoms with Gasteiger partial charge in [0.15, 0.2) is 10.8 Å². The van der Waals surface area contributed by atoms with Gasteiger partial charge >= 0.3 is 5.97 Å². The first-order valence-electron chi connectivity index (χ1n) is 6.20. The Bertz CT molecular complexity index is 796. The largest absolute Gasteiger partial charge is 0.481 e. The van der Waals surface area contributed by atoms with Crippen LogP contribution < -0.4 is 0 Å². The minimum atomic E-state index is -0.861. The maximum Gasteiger partial charge on any atom is 0.313 e. The SMILES string of the molecule is Cc1ncc(Cn2c(SCC(=O)O)nc3cccnc32)s1. The van der Waals surface area contributed by atoms with Gasteiger partial charge in [-0.25, -0.2) is 15.0 Å². The van der Waals surface area contributed by atoms with E-state index in [0.717, 1.165) is 21.0 Å². The van der Waals surface area contributed by atoms with E-state index in [9.17, 15) is 4.79 Å². The van der Waals surface area contributed by atoms with Crippen molar-refractivity contribution in [3.05, 3.63) is 34.4 Å². The van der Waals surface area contributed by atoms with Crippen LogP contribution in [0.2, 0.25) is 0 Å². The Morgan fingerprint density at radius 3 is 3.05 bits per heavy atom. The lowest BCUT2D eigenvalue weighted by Gasteiger charge is -2.05. The van der Waals surface area contributed by atoms with E-state index in [0.29, 0.717) is 11.7 Å². The minimum Gasteiger partial charge on any atom is -0.481 e. The van der Waals surface area contributed by atoms with E-state index in [1.54, 1.807) is 17.5 Å². The van der Waals surface area contributed by atoms with Crippen LogP contribution in [0.1, 0.15) is 9.88 Å². The van der Waals surface area contributed by atoms with Gasteiger partial charge in [0.1, 0.15) is 5.52 Å². The highest BCUT2D eigenvalue weighted by Gasteiger charge is 2.14. The van der Waals surface area contributed by atoms with Crippen molar-refractivity contribution >= 4 is 40.2 Å². The molecule has 21 heavy (non-hydrogen) atoms. The van der Waals surface area contributed by atoms with Crippen molar-refractivity contribution in [2.24, 2.45) is 0 Å². The molecule has 3 aromatic rings. The number of fused-ring (bicyclic) bond motifs is 1. The number of thioether (sulfide) groups is 1. The summed E-state index contributed by atoms with van der Waals surface area (Å²) in [6.07, 6.45) is 3.55. The molecule has 0 aliphatic carbocycles. The van der Waals surface area contributed by atoms with Crippen LogP contribution in [0.4, 0.5) is 0 Å². The predicted octanol–water partition coefficient (Wildman–Crippen LogP) is 2.42. The Morgan fingerprint density at radius 2 is 2.33 bits per heavy atom. The molecule has 3 heterocycles. The molecule has 0 aromatic carbocycles. The summed E-state index contributed by atoms with van der Waals surface area (Å²) in [5, 5.41) is 10.5. The van der Waals surface area contributed by atoms with Crippen molar-refractivity contribution in [1.82, 2.24) is 19.5 Å². The minimum absolute atomic E-state index is 0.0228. The summed E-state index contributed by atoms with van der Waals surface area (Å²) in [5.74, 6) is -0.884. The van der Waals surface area contributed by atoms with E-state index in [1.165, 1.54) is 11.8 Å². The quantitative estimate of drug-likeness (QED) is 0.727. The number of hydrogen-bond donors (Lipinski definition) is 1. The van der Waals surface area contributed by atoms with Crippen LogP contribution in [0, 0.1) is 6.92 Å². The third kappa shape index (κ3) is 3.06. The third-order valence-electron chi connectivity index (χ3n) is 2.78. The molecule has 0 radical (unpaired) electrons. The fourth-order valence-corrected chi connectivity index (χ4v) is 3.46. The lowest BCUT2D eigenvalue weighted by molar-refractivity contribution is -0.133. The molecular weight excluding hydrogens is 308 g/mol. The zero-order chi connectivity index (χ0) is 14.8. The smallest absolute Gasteiger partial charge is 0.313 e. The molecule has 0 unspecified atom stereocenters. The van der Waals surface area contributed by atoms with Gasteiger partial charge in [0, 0.05) is 17.3 Å². The number of imidazole rings is 1. The summed E-state index contributed by atoms with van der Waals surface area (Å²) in [7, 11) is 0. The summed E-state index contributed by atoms with van der Waals surface area (Å²) in [5.41, 5.74) is 1.53. The average molecular weight is 320 g/mol. The monoisotopic (exact) mass is 320 g/mol. The number of pyridine rings is 1. The second kappa shape index (κ2) is 5.82. The Hall–Kier alpha value is -1.93. The number of aliphatic carboxylic acids is 1. The van der Waals surface area contributed by atoms with Crippen molar-refractivity contribution in [3.63, 3.8) is 0 Å². The van der Waals surface area contributed by atoms with Gasteiger partial charge in [0.05, 0.1) is 17.3 Å². The molecule has 0 saturated heterocycles. The molecule has 0 saturated carbocycles. The van der Waals surface area contributed by atoms with Crippen molar-refractivity contribution in [2.75, 3.05) is 5.75 Å². The van der Waals surface area contributed by atoms with E-state index in [2.05, 4.69) is 15.0 Å². The van der Waals surface area contributed by atoms with Crippen LogP contribution in [0.15, 0.2) is 29.7 Å². The van der Waals surface area contributed by atoms with E-state index in [1.807, 2.05) is 29.8 Å². The second-order valence-corrected chi connectivity index (χ2v) is 6.62. The first kappa shape index (κ1) is 14.0. The predicted molar refractivity (Wildman–Crippen MR) is 81.8 cm³/mol. The Balaban J connectivity index is 2.00. The van der Waals surface area contributed by atoms with Gasteiger partial charge in [0.25, 0.3) is 0 Å². The molecule has 8 heteroatoms. The average Bonchev–Trinajstić information content (AvgIpc) is 3.01. The highest BCUT2D eigenvalue weighted by molar-refractivity contribution is 7.99. The highest BCUT2D eigenvalue weighted by Crippen LogP contribution is 2.25. The molecule has 0 atom stereocenters. The molecule has 1 N–H and O–H groups in total. The molecule has 0 spiro atoms. The zero-order valence-electron chi connectivity index (χ0n) is 11.2. The number of hydrogen-bond acceptors (Lipinski definition) is 6. The molecule has 3 aromatic heterocycles. The zero-order valence-corrected chi connectivity index (χ0v) is 12.8. The van der Waals surface area contributed by atoms with Gasteiger partial charge in [-0.3, -0.25) is 9.36 Å². The van der Waals surface area contributed by atoms with E-state index in [4.69, 9.17) is 5.11 Å². The molecule has 0 amide bonds. The van der Waals surface area contributed by atoms with Crippen molar-refractivity contribution < 1.29 is 9.90 Å². The maximum absolute atomic E-state index is 10.8. The summed E-state index contributed by atoms with van der Waals surface area (Å²) >= 11 is 2.82. The standard InChI is InChI=1S/C13H12N4O2S2/c1-8-15-5-9(21-8)6-17-12-10(3-2-4-14-12)16-13(17)20-7-11(18)19/h2-5H,6-7H2,1H3,(H,18,19). The number of nitrogens with zero attached hydrogens (tertiary/aromatic N) is 4. The highest BCUT2D eigenvalue weighted by atomic mass is 32.2. The Morgan fingerprint density at radius 1 is 1.48 bits per heavy atom. The molecule has 6 nitrogen and oxygen atoms in total. The summed E-state index contributed by atoms with van der Waals surface area (Å²) in [6.45, 7) is 2.56. The molecule has 0 fully saturated rings. The van der Waals surface area contributed by atoms with Crippen molar-refractivity contribution in [2.45, 2.75) is 18.6 Å². The summed E-state index contributed by atoms with van der Waals surface area (Å²) in [4.78, 5) is 24.9. The normalized spacial score (nSPS) is 11.1. The van der Waals surface area contributed by atoms with Crippen molar-refractivity contribution in [3.8, 4) is 0 Å². The molecule has 0 aliphatic heterocycles. The fraction of sp³-hybridized carbons (Fsp3) is 0.231. The van der Waals surface area contributed by atoms with Gasteiger partial charge in [0.2, 0.25) is 0 Å². The Labute approximate surface area is 128 Å². The van der Waals surface area contributed by atoms with Crippen LogP contribution >= 0.6 is 23.1 Å². The van der Waals surface area contributed by atoms with Crippen LogP contribution in [0.3, 0.4) is 0 Å². The van der Waals surface area contributed by atoms with Gasteiger partial charge < -0.3 is 5.11 Å². The number of thiazole rings is 1. The molecular formula is C13H12N4O2S2. The van der Waals surface area contributed by atoms with Gasteiger partial charge in [-0.1, -0.05) is 11.8 Å². The van der Waals surface area contributed by atoms with E-state index < -0.39 is 5.97 Å². The first-order valence-corrected chi connectivity index (χ1v) is 8.01. The van der Waals surface area contributed by atoms with Crippen LogP contribution in [0.5, 0.6) is 0 Å². The molecule has 108 valence electrons. The molecule has 3 rings (SSSR count). The number of carboxylic acids is 1. The number of rotatable bonds is 5. The van der Waals surface area contributed by atoms with Crippen LogP contribution in [-0.2, 0) is 11.3 Å². The third-order valence-corrected chi connectivity index (χ3v) is 4.64. The molecule has 0 bridgehead atoms. The lowest BCUT2D eigenvalue weighted by Crippen LogP contribution is -2.04. The summed E-state index contributed by atoms with van der Waals surface area (Å²) in [6, 6.07) is 3.70. The Kier molecular flexibility index (Phi) is 3.89. The van der Waals surface area contributed by atoms with Gasteiger partial charge in [-0.05, 0) is 19.1 Å². The number of aryl methyl sites for hydroxylation is 1. The lowest BCUT2D eigenvalue weighted by atomic mass is 10.4. The molecule has 0 aliphatic rings. The number of carbonyl (C=O) groups is 1. The van der Waals surface area contributed by atoms with E-state index >= 15 is 0 Å². The van der Waals surface area contributed by atoms with Gasteiger partial charge in [-0.2, -0.15) is 0 Å². The number of carboxylic acid groups (broad SMARTS) is 1. The fourth-order valence-electron chi connectivity index (χ4n) is 1.95. The maximum atomic E-state index is 10.8. The van der Waals surface area contributed by atoms with Crippen LogP contribution in [0.25, 0.3) is 11.2 Å².